The van der Waals surface area contributed by atoms with Gasteiger partial charge in [0.1, 0.15) is 35.2 Å². The lowest BCUT2D eigenvalue weighted by atomic mass is 10.1. The van der Waals surface area contributed by atoms with E-state index in [1.807, 2.05) is 38.1 Å². The average molecular weight is 476 g/mol. The molecule has 182 valence electrons. The Bertz CT molecular complexity index is 1300. The van der Waals surface area contributed by atoms with Crippen LogP contribution in [0.4, 0.5) is 0 Å². The van der Waals surface area contributed by atoms with Crippen molar-refractivity contribution in [3.8, 4) is 22.9 Å². The Labute approximate surface area is 204 Å². The van der Waals surface area contributed by atoms with Gasteiger partial charge >= 0.3 is 0 Å². The van der Waals surface area contributed by atoms with E-state index in [1.54, 1.807) is 36.4 Å². The van der Waals surface area contributed by atoms with Crippen LogP contribution in [0.1, 0.15) is 23.6 Å². The van der Waals surface area contributed by atoms with E-state index >= 15 is 0 Å². The topological polar surface area (TPSA) is 98.9 Å². The van der Waals surface area contributed by atoms with Gasteiger partial charge in [-0.1, -0.05) is 36.9 Å². The van der Waals surface area contributed by atoms with Crippen LogP contribution in [0.15, 0.2) is 61.2 Å². The van der Waals surface area contributed by atoms with Crippen LogP contribution in [-0.2, 0) is 11.3 Å². The zero-order valence-corrected chi connectivity index (χ0v) is 19.8. The molecule has 2 N–H and O–H groups in total. The molecule has 0 bridgehead atoms. The molecule has 0 fully saturated rings. The van der Waals surface area contributed by atoms with E-state index in [0.717, 1.165) is 16.7 Å². The molecule has 0 aliphatic carbocycles. The number of benzene rings is 3. The highest BCUT2D eigenvalue weighted by molar-refractivity contribution is 5.76. The van der Waals surface area contributed by atoms with Crippen molar-refractivity contribution in [3.63, 3.8) is 0 Å². The summed E-state index contributed by atoms with van der Waals surface area (Å²) < 4.78 is 16.8. The first-order valence-corrected chi connectivity index (χ1v) is 11.4. The highest BCUT2D eigenvalue weighted by atomic mass is 16.5. The second-order valence-corrected chi connectivity index (χ2v) is 8.13. The normalized spacial score (nSPS) is 12.0. The molecule has 4 aromatic rings. The van der Waals surface area contributed by atoms with Gasteiger partial charge in [0.15, 0.2) is 11.5 Å². The molecule has 8 heteroatoms. The molecule has 1 unspecified atom stereocenters. The van der Waals surface area contributed by atoms with E-state index in [2.05, 4.69) is 16.8 Å². The number of aromatic nitrogens is 3. The molecule has 0 spiro atoms. The van der Waals surface area contributed by atoms with Crippen molar-refractivity contribution in [1.82, 2.24) is 15.0 Å². The number of phenolic OH excluding ortho intramolecular Hbond substituents is 1. The van der Waals surface area contributed by atoms with E-state index < -0.39 is 6.10 Å². The number of hydrogen-bond acceptors (Lipinski definition) is 7. The van der Waals surface area contributed by atoms with Gasteiger partial charge in [-0.25, -0.2) is 0 Å². The van der Waals surface area contributed by atoms with Gasteiger partial charge in [0.2, 0.25) is 0 Å². The van der Waals surface area contributed by atoms with E-state index in [9.17, 15) is 10.2 Å². The van der Waals surface area contributed by atoms with Crippen LogP contribution in [0.25, 0.3) is 22.8 Å². The van der Waals surface area contributed by atoms with Crippen molar-refractivity contribution < 1.29 is 24.4 Å². The first kappa shape index (κ1) is 24.3. The standard InChI is InChI=1S/C27H29N3O5/c1-4-19-6-8-20(9-7-19)15-33-16-21(31)17-35-22-10-11-23-24(14-22)29-30(28-23)25-12-18(3)13-26(27(25)32)34-5-2/h4,6-14,21,31-32H,1,5,15-17H2,2-3H3. The first-order valence-electron chi connectivity index (χ1n) is 11.4. The summed E-state index contributed by atoms with van der Waals surface area (Å²) in [6.45, 7) is 8.57. The van der Waals surface area contributed by atoms with Gasteiger partial charge in [0.25, 0.3) is 0 Å². The SMILES string of the molecule is C=Cc1ccc(COCC(O)COc2ccc3nn(-c4cc(C)cc(OCC)c4O)nc3c2)cc1. The minimum Gasteiger partial charge on any atom is -0.503 e. The van der Waals surface area contributed by atoms with Crippen LogP contribution in [0, 0.1) is 6.92 Å². The maximum atomic E-state index is 10.6. The molecule has 0 saturated carbocycles. The molecule has 0 aliphatic rings. The first-order chi connectivity index (χ1) is 17.0. The molecular weight excluding hydrogens is 446 g/mol. The molecule has 4 rings (SSSR count). The molecule has 3 aromatic carbocycles. The highest BCUT2D eigenvalue weighted by Crippen LogP contribution is 2.34. The van der Waals surface area contributed by atoms with Gasteiger partial charge in [-0.2, -0.15) is 0 Å². The molecule has 0 radical (unpaired) electrons. The van der Waals surface area contributed by atoms with Crippen LogP contribution in [0.5, 0.6) is 17.2 Å². The van der Waals surface area contributed by atoms with Crippen molar-refractivity contribution in [1.29, 1.82) is 0 Å². The summed E-state index contributed by atoms with van der Waals surface area (Å²) in [6.07, 6.45) is 1.00. The maximum Gasteiger partial charge on any atom is 0.185 e. The maximum absolute atomic E-state index is 10.6. The fraction of sp³-hybridized carbons (Fsp3) is 0.259. The van der Waals surface area contributed by atoms with Gasteiger partial charge in [-0.15, -0.1) is 15.0 Å². The Kier molecular flexibility index (Phi) is 7.64. The number of aryl methyl sites for hydroxylation is 1. The third-order valence-corrected chi connectivity index (χ3v) is 5.30. The van der Waals surface area contributed by atoms with Gasteiger partial charge in [0.05, 0.1) is 19.8 Å². The number of fused-ring (bicyclic) bond motifs is 1. The van der Waals surface area contributed by atoms with E-state index in [0.29, 0.717) is 41.4 Å². The minimum absolute atomic E-state index is 0.0194. The molecule has 35 heavy (non-hydrogen) atoms. The lowest BCUT2D eigenvalue weighted by Gasteiger charge is -2.13. The number of ether oxygens (including phenoxy) is 3. The Morgan fingerprint density at radius 3 is 2.51 bits per heavy atom. The van der Waals surface area contributed by atoms with Gasteiger partial charge < -0.3 is 24.4 Å². The van der Waals surface area contributed by atoms with E-state index in [-0.39, 0.29) is 19.0 Å². The monoisotopic (exact) mass is 475 g/mol. The van der Waals surface area contributed by atoms with Crippen LogP contribution >= 0.6 is 0 Å². The highest BCUT2D eigenvalue weighted by Gasteiger charge is 2.15. The third-order valence-electron chi connectivity index (χ3n) is 5.30. The van der Waals surface area contributed by atoms with Gasteiger partial charge in [0, 0.05) is 6.07 Å². The second-order valence-electron chi connectivity index (χ2n) is 8.13. The molecule has 0 saturated heterocycles. The Hall–Kier alpha value is -3.88. The number of hydrogen-bond donors (Lipinski definition) is 2. The smallest absolute Gasteiger partial charge is 0.185 e. The van der Waals surface area contributed by atoms with Crippen molar-refractivity contribution >= 4 is 17.1 Å². The summed E-state index contributed by atoms with van der Waals surface area (Å²) in [5.74, 6) is 0.916. The van der Waals surface area contributed by atoms with Crippen LogP contribution in [0.3, 0.4) is 0 Å². The Balaban J connectivity index is 1.36. The summed E-state index contributed by atoms with van der Waals surface area (Å²) in [7, 11) is 0. The van der Waals surface area contributed by atoms with Crippen molar-refractivity contribution in [2.24, 2.45) is 0 Å². The molecule has 0 aliphatic heterocycles. The van der Waals surface area contributed by atoms with Crippen LogP contribution < -0.4 is 9.47 Å². The average Bonchev–Trinajstić information content (AvgIpc) is 3.28. The zero-order chi connectivity index (χ0) is 24.8. The number of aliphatic hydroxyl groups is 1. The fourth-order valence-electron chi connectivity index (χ4n) is 3.54. The quantitative estimate of drug-likeness (QED) is 0.331. The molecule has 1 aromatic heterocycles. The Morgan fingerprint density at radius 1 is 1.00 bits per heavy atom. The number of aliphatic hydroxyl groups excluding tert-OH is 1. The number of nitrogens with zero attached hydrogens (tertiary/aromatic N) is 3. The number of aromatic hydroxyl groups is 1. The van der Waals surface area contributed by atoms with E-state index in [1.165, 1.54) is 4.80 Å². The summed E-state index contributed by atoms with van der Waals surface area (Å²) >= 11 is 0. The predicted octanol–water partition coefficient (Wildman–Crippen LogP) is 4.43. The Morgan fingerprint density at radius 2 is 1.77 bits per heavy atom. The van der Waals surface area contributed by atoms with Crippen molar-refractivity contribution in [3.05, 3.63) is 77.9 Å². The molecular formula is C27H29N3O5. The second kappa shape index (κ2) is 11.0. The van der Waals surface area contributed by atoms with E-state index in [4.69, 9.17) is 14.2 Å². The van der Waals surface area contributed by atoms with Crippen molar-refractivity contribution in [2.75, 3.05) is 19.8 Å². The predicted molar refractivity (Wildman–Crippen MR) is 134 cm³/mol. The number of rotatable bonds is 11. The summed E-state index contributed by atoms with van der Waals surface area (Å²) in [6, 6.07) is 16.7. The van der Waals surface area contributed by atoms with Gasteiger partial charge in [-0.3, -0.25) is 0 Å². The fourth-order valence-corrected chi connectivity index (χ4v) is 3.54. The minimum atomic E-state index is -0.782. The third kappa shape index (κ3) is 5.98. The van der Waals surface area contributed by atoms with Crippen LogP contribution in [0.2, 0.25) is 0 Å². The van der Waals surface area contributed by atoms with Crippen LogP contribution in [-0.4, -0.2) is 51.1 Å². The summed E-state index contributed by atoms with van der Waals surface area (Å²) in [5.41, 5.74) is 4.64. The largest absolute Gasteiger partial charge is 0.503 e. The lowest BCUT2D eigenvalue weighted by molar-refractivity contribution is 0.00551. The molecule has 0 amide bonds. The molecule has 8 nitrogen and oxygen atoms in total. The summed E-state index contributed by atoms with van der Waals surface area (Å²) in [5, 5.41) is 29.8. The van der Waals surface area contributed by atoms with Crippen molar-refractivity contribution in [2.45, 2.75) is 26.6 Å². The summed E-state index contributed by atoms with van der Waals surface area (Å²) in [4.78, 5) is 1.38. The zero-order valence-electron chi connectivity index (χ0n) is 19.8. The van der Waals surface area contributed by atoms with Gasteiger partial charge in [-0.05, 0) is 54.8 Å². The molecule has 1 atom stereocenters. The number of phenols is 1. The molecule has 1 heterocycles. The lowest BCUT2D eigenvalue weighted by Crippen LogP contribution is -2.23.